The summed E-state index contributed by atoms with van der Waals surface area (Å²) in [5, 5.41) is 12.5. The molecular formula is C22H17F3N2O4. The topological polar surface area (TPSA) is 80.6 Å². The number of carboxylic acids is 1. The maximum atomic E-state index is 15.0. The largest absolute Gasteiger partial charge is 0.477 e. The minimum absolute atomic E-state index is 0.0494. The highest BCUT2D eigenvalue weighted by Gasteiger charge is 2.30. The summed E-state index contributed by atoms with van der Waals surface area (Å²) in [6, 6.07) is 5.49. The third-order valence-electron chi connectivity index (χ3n) is 5.74. The number of rotatable bonds is 5. The first-order valence-corrected chi connectivity index (χ1v) is 9.77. The number of fused-ring (bicyclic) bond motifs is 2. The Morgan fingerprint density at radius 2 is 1.87 bits per heavy atom. The normalized spacial score (nSPS) is 15.5. The molecule has 1 saturated carbocycles. The van der Waals surface area contributed by atoms with E-state index < -0.39 is 29.4 Å². The van der Waals surface area contributed by atoms with Gasteiger partial charge in [-0.2, -0.15) is 8.78 Å². The number of carboxylic acid groups (broad SMARTS) is 1. The number of nitrogens with one attached hydrogen (secondary N) is 1. The summed E-state index contributed by atoms with van der Waals surface area (Å²) in [5.74, 6) is -2.33. The maximum absolute atomic E-state index is 15.0. The summed E-state index contributed by atoms with van der Waals surface area (Å²) in [5.41, 5.74) is 0.593. The molecule has 1 aliphatic heterocycles. The molecule has 6 nitrogen and oxygen atoms in total. The van der Waals surface area contributed by atoms with E-state index >= 15 is 0 Å². The molecular weight excluding hydrogens is 413 g/mol. The van der Waals surface area contributed by atoms with E-state index in [0.29, 0.717) is 25.9 Å². The molecule has 0 bridgehead atoms. The fourth-order valence-corrected chi connectivity index (χ4v) is 4.16. The molecule has 2 heterocycles. The van der Waals surface area contributed by atoms with Crippen LogP contribution in [0.5, 0.6) is 5.75 Å². The van der Waals surface area contributed by atoms with Crippen LogP contribution in [-0.4, -0.2) is 22.3 Å². The van der Waals surface area contributed by atoms with E-state index in [-0.39, 0.29) is 33.8 Å². The minimum Gasteiger partial charge on any atom is -0.477 e. The standard InChI is InChI=1S/C22H17F3N2O4/c23-17-6-11-8-26-7-10(11)5-15(17)13-3-4-14-18(20(13)31-22(24)25)27(12-1-2-12)9-16(19(14)28)21(29)30/h3-6,9,12,22,26H,1-2,7-8H2,(H,29,30). The van der Waals surface area contributed by atoms with Crippen LogP contribution in [0.2, 0.25) is 0 Å². The molecule has 3 aromatic rings. The Morgan fingerprint density at radius 3 is 2.52 bits per heavy atom. The van der Waals surface area contributed by atoms with Crippen LogP contribution in [0.15, 0.2) is 35.3 Å². The van der Waals surface area contributed by atoms with Crippen molar-refractivity contribution in [2.75, 3.05) is 0 Å². The monoisotopic (exact) mass is 430 g/mol. The lowest BCUT2D eigenvalue weighted by atomic mass is 9.97. The van der Waals surface area contributed by atoms with Crippen molar-refractivity contribution in [1.29, 1.82) is 0 Å². The molecule has 1 fully saturated rings. The molecule has 5 rings (SSSR count). The number of hydrogen-bond acceptors (Lipinski definition) is 4. The number of halogens is 3. The second kappa shape index (κ2) is 7.12. The zero-order chi connectivity index (χ0) is 21.9. The predicted molar refractivity (Wildman–Crippen MR) is 106 cm³/mol. The minimum atomic E-state index is -3.22. The predicted octanol–water partition coefficient (Wildman–Crippen LogP) is 4.05. The molecule has 0 amide bonds. The van der Waals surface area contributed by atoms with Gasteiger partial charge in [0, 0.05) is 36.5 Å². The van der Waals surface area contributed by atoms with Crippen LogP contribution in [0.4, 0.5) is 13.2 Å². The number of aromatic carboxylic acids is 1. The number of benzene rings is 2. The van der Waals surface area contributed by atoms with Crippen molar-refractivity contribution in [2.45, 2.75) is 38.6 Å². The van der Waals surface area contributed by atoms with E-state index in [1.54, 1.807) is 6.07 Å². The third kappa shape index (κ3) is 3.25. The van der Waals surface area contributed by atoms with Gasteiger partial charge in [0.05, 0.1) is 10.9 Å². The van der Waals surface area contributed by atoms with Crippen LogP contribution in [0.25, 0.3) is 22.0 Å². The van der Waals surface area contributed by atoms with Crippen LogP contribution in [-0.2, 0) is 13.1 Å². The zero-order valence-electron chi connectivity index (χ0n) is 16.1. The first-order valence-electron chi connectivity index (χ1n) is 9.77. The Bertz CT molecular complexity index is 1300. The summed E-state index contributed by atoms with van der Waals surface area (Å²) in [7, 11) is 0. The lowest BCUT2D eigenvalue weighted by Crippen LogP contribution is -2.19. The van der Waals surface area contributed by atoms with Crippen LogP contribution in [0, 0.1) is 5.82 Å². The van der Waals surface area contributed by atoms with Crippen molar-refractivity contribution < 1.29 is 27.8 Å². The SMILES string of the molecule is O=C(O)c1cn(C2CC2)c2c(OC(F)F)c(-c3cc4c(cc3F)CNC4)ccc2c1=O. The summed E-state index contributed by atoms with van der Waals surface area (Å²) in [4.78, 5) is 24.3. The number of aromatic nitrogens is 1. The maximum Gasteiger partial charge on any atom is 0.387 e. The number of hydrogen-bond donors (Lipinski definition) is 2. The van der Waals surface area contributed by atoms with Gasteiger partial charge >= 0.3 is 12.6 Å². The second-order valence-electron chi connectivity index (χ2n) is 7.74. The van der Waals surface area contributed by atoms with Crippen LogP contribution in [0.3, 0.4) is 0 Å². The average molecular weight is 430 g/mol. The lowest BCUT2D eigenvalue weighted by Gasteiger charge is -2.19. The molecule has 31 heavy (non-hydrogen) atoms. The second-order valence-corrected chi connectivity index (χ2v) is 7.74. The van der Waals surface area contributed by atoms with Crippen LogP contribution in [0.1, 0.15) is 40.4 Å². The summed E-state index contributed by atoms with van der Waals surface area (Å²) < 4.78 is 48.1. The number of alkyl halides is 2. The van der Waals surface area contributed by atoms with Crippen molar-refractivity contribution in [3.63, 3.8) is 0 Å². The Hall–Kier alpha value is -3.33. The number of ether oxygens (including phenoxy) is 1. The van der Waals surface area contributed by atoms with E-state index in [9.17, 15) is 27.9 Å². The molecule has 2 aliphatic rings. The Balaban J connectivity index is 1.85. The smallest absolute Gasteiger partial charge is 0.387 e. The van der Waals surface area contributed by atoms with Crippen molar-refractivity contribution in [3.8, 4) is 16.9 Å². The number of pyridine rings is 1. The van der Waals surface area contributed by atoms with Gasteiger partial charge in [0.15, 0.2) is 5.75 Å². The highest BCUT2D eigenvalue weighted by molar-refractivity contribution is 5.97. The van der Waals surface area contributed by atoms with E-state index in [0.717, 1.165) is 17.3 Å². The molecule has 0 radical (unpaired) electrons. The van der Waals surface area contributed by atoms with Gasteiger partial charge in [-0.1, -0.05) is 0 Å². The quantitative estimate of drug-likeness (QED) is 0.639. The van der Waals surface area contributed by atoms with Gasteiger partial charge in [-0.3, -0.25) is 4.79 Å². The lowest BCUT2D eigenvalue weighted by molar-refractivity contribution is -0.0486. The van der Waals surface area contributed by atoms with Crippen molar-refractivity contribution >= 4 is 16.9 Å². The zero-order valence-corrected chi connectivity index (χ0v) is 16.1. The van der Waals surface area contributed by atoms with Gasteiger partial charge < -0.3 is 19.7 Å². The van der Waals surface area contributed by atoms with E-state index in [1.807, 2.05) is 0 Å². The Morgan fingerprint density at radius 1 is 1.16 bits per heavy atom. The average Bonchev–Trinajstić information content (AvgIpc) is 3.46. The fraction of sp³-hybridized carbons (Fsp3) is 0.273. The third-order valence-corrected chi connectivity index (χ3v) is 5.74. The van der Waals surface area contributed by atoms with Crippen LogP contribution >= 0.6 is 0 Å². The van der Waals surface area contributed by atoms with Crippen LogP contribution < -0.4 is 15.5 Å². The Kier molecular flexibility index (Phi) is 4.51. The first kappa shape index (κ1) is 19.6. The van der Waals surface area contributed by atoms with E-state index in [1.165, 1.54) is 22.8 Å². The molecule has 0 atom stereocenters. The fourth-order valence-electron chi connectivity index (χ4n) is 4.16. The molecule has 0 spiro atoms. The first-order chi connectivity index (χ1) is 14.8. The highest BCUT2D eigenvalue weighted by atomic mass is 19.3. The summed E-state index contributed by atoms with van der Waals surface area (Å²) in [6.07, 6.45) is 2.57. The van der Waals surface area contributed by atoms with Crippen molar-refractivity contribution in [2.24, 2.45) is 0 Å². The summed E-state index contributed by atoms with van der Waals surface area (Å²) >= 11 is 0. The molecule has 1 aliphatic carbocycles. The van der Waals surface area contributed by atoms with E-state index in [2.05, 4.69) is 5.32 Å². The molecule has 0 saturated heterocycles. The van der Waals surface area contributed by atoms with Crippen molar-refractivity contribution in [3.05, 3.63) is 63.2 Å². The van der Waals surface area contributed by atoms with Gasteiger partial charge in [0.2, 0.25) is 5.43 Å². The van der Waals surface area contributed by atoms with Gasteiger partial charge in [0.1, 0.15) is 11.4 Å². The van der Waals surface area contributed by atoms with Gasteiger partial charge in [-0.25, -0.2) is 9.18 Å². The molecule has 0 unspecified atom stereocenters. The number of carbonyl (C=O) groups is 1. The van der Waals surface area contributed by atoms with Gasteiger partial charge in [-0.15, -0.1) is 0 Å². The van der Waals surface area contributed by atoms with Gasteiger partial charge in [0.25, 0.3) is 0 Å². The van der Waals surface area contributed by atoms with Gasteiger partial charge in [-0.05, 0) is 48.2 Å². The molecule has 160 valence electrons. The highest BCUT2D eigenvalue weighted by Crippen LogP contribution is 2.44. The summed E-state index contributed by atoms with van der Waals surface area (Å²) in [6.45, 7) is -2.18. The molecule has 1 aromatic heterocycles. The molecule has 2 aromatic carbocycles. The van der Waals surface area contributed by atoms with Crippen molar-refractivity contribution in [1.82, 2.24) is 9.88 Å². The molecule has 9 heteroatoms. The number of nitrogens with zero attached hydrogens (tertiary/aromatic N) is 1. The Labute approximate surface area is 173 Å². The van der Waals surface area contributed by atoms with E-state index in [4.69, 9.17) is 4.74 Å². The molecule has 2 N–H and O–H groups in total.